The summed E-state index contributed by atoms with van der Waals surface area (Å²) in [5.41, 5.74) is 4.03. The number of carboxylic acids is 1. The summed E-state index contributed by atoms with van der Waals surface area (Å²) in [5, 5.41) is 23.3. The number of rotatable bonds is 8. The van der Waals surface area contributed by atoms with Crippen LogP contribution in [0, 0.1) is 0 Å². The number of nitrogens with one attached hydrogen (secondary N) is 1. The first kappa shape index (κ1) is 19.7. The summed E-state index contributed by atoms with van der Waals surface area (Å²) in [5.74, 6) is -0.805. The van der Waals surface area contributed by atoms with Gasteiger partial charge in [-0.15, -0.1) is 0 Å². The Kier molecular flexibility index (Phi) is 6.37. The summed E-state index contributed by atoms with van der Waals surface area (Å²) in [4.78, 5) is 13.2. The second-order valence-electron chi connectivity index (χ2n) is 7.11. The van der Waals surface area contributed by atoms with Crippen molar-refractivity contribution in [2.75, 3.05) is 24.5 Å². The minimum absolute atomic E-state index is 0.0621. The van der Waals surface area contributed by atoms with Crippen molar-refractivity contribution in [1.29, 1.82) is 0 Å². The fourth-order valence-corrected chi connectivity index (χ4v) is 3.74. The number of aliphatic hydroxyl groups is 1. The van der Waals surface area contributed by atoms with Gasteiger partial charge in [-0.25, -0.2) is 0 Å². The summed E-state index contributed by atoms with van der Waals surface area (Å²) in [6.45, 7) is 4.31. The van der Waals surface area contributed by atoms with Gasteiger partial charge in [0.1, 0.15) is 0 Å². The molecule has 0 radical (unpaired) electrons. The normalized spacial score (nSPS) is 15.4. The zero-order chi connectivity index (χ0) is 19.4. The molecule has 27 heavy (non-hydrogen) atoms. The first-order valence-electron chi connectivity index (χ1n) is 9.18. The molecule has 3 rings (SSSR count). The molecule has 2 aromatic carbocycles. The molecule has 5 nitrogen and oxygen atoms in total. The van der Waals surface area contributed by atoms with Crippen molar-refractivity contribution in [3.63, 3.8) is 0 Å². The van der Waals surface area contributed by atoms with Gasteiger partial charge in [0, 0.05) is 36.4 Å². The Morgan fingerprint density at radius 3 is 2.85 bits per heavy atom. The summed E-state index contributed by atoms with van der Waals surface area (Å²) in [6, 6.07) is 13.4. The Morgan fingerprint density at radius 2 is 2.11 bits per heavy atom. The molecular weight excluding hydrogens is 364 g/mol. The van der Waals surface area contributed by atoms with E-state index in [1.165, 1.54) is 11.3 Å². The van der Waals surface area contributed by atoms with Gasteiger partial charge in [0.2, 0.25) is 0 Å². The maximum Gasteiger partial charge on any atom is 0.307 e. The number of benzene rings is 2. The van der Waals surface area contributed by atoms with Gasteiger partial charge in [0.25, 0.3) is 0 Å². The molecule has 0 bridgehead atoms. The lowest BCUT2D eigenvalue weighted by Gasteiger charge is -2.25. The molecule has 0 saturated carbocycles. The van der Waals surface area contributed by atoms with E-state index in [1.807, 2.05) is 30.3 Å². The molecule has 2 atom stereocenters. The molecular formula is C21H25ClN2O3. The van der Waals surface area contributed by atoms with Gasteiger partial charge in [-0.1, -0.05) is 35.9 Å². The predicted molar refractivity (Wildman–Crippen MR) is 108 cm³/mol. The molecule has 0 unspecified atom stereocenters. The second kappa shape index (κ2) is 8.74. The highest BCUT2D eigenvalue weighted by Gasteiger charge is 2.21. The van der Waals surface area contributed by atoms with Crippen molar-refractivity contribution in [1.82, 2.24) is 5.32 Å². The maximum atomic E-state index is 10.9. The zero-order valence-corrected chi connectivity index (χ0v) is 16.1. The fourth-order valence-electron chi connectivity index (χ4n) is 3.54. The molecule has 0 fully saturated rings. The van der Waals surface area contributed by atoms with Crippen LogP contribution < -0.4 is 10.2 Å². The molecule has 1 aliphatic rings. The highest BCUT2D eigenvalue weighted by molar-refractivity contribution is 6.30. The summed E-state index contributed by atoms with van der Waals surface area (Å²) >= 11 is 5.98. The molecule has 0 saturated heterocycles. The highest BCUT2D eigenvalue weighted by atomic mass is 35.5. The van der Waals surface area contributed by atoms with E-state index in [4.69, 9.17) is 16.7 Å². The minimum Gasteiger partial charge on any atom is -0.481 e. The van der Waals surface area contributed by atoms with Crippen molar-refractivity contribution in [3.8, 4) is 0 Å². The van der Waals surface area contributed by atoms with Gasteiger partial charge in [-0.3, -0.25) is 4.79 Å². The van der Waals surface area contributed by atoms with Gasteiger partial charge in [0.05, 0.1) is 12.5 Å². The molecule has 1 heterocycles. The van der Waals surface area contributed by atoms with Gasteiger partial charge in [-0.05, 0) is 48.2 Å². The summed E-state index contributed by atoms with van der Waals surface area (Å²) in [6.07, 6.45) is 0.392. The number of carboxylic acid groups (broad SMARTS) is 1. The van der Waals surface area contributed by atoms with Crippen molar-refractivity contribution < 1.29 is 15.0 Å². The zero-order valence-electron chi connectivity index (χ0n) is 15.4. The van der Waals surface area contributed by atoms with Crippen LogP contribution >= 0.6 is 11.6 Å². The molecule has 144 valence electrons. The summed E-state index contributed by atoms with van der Waals surface area (Å²) in [7, 11) is 0. The topological polar surface area (TPSA) is 72.8 Å². The minimum atomic E-state index is -0.805. The molecule has 0 aliphatic carbocycles. The third kappa shape index (κ3) is 5.22. The van der Waals surface area contributed by atoms with Crippen LogP contribution in [-0.2, 0) is 17.6 Å². The number of nitrogens with zero attached hydrogens (tertiary/aromatic N) is 1. The van der Waals surface area contributed by atoms with Crippen LogP contribution in [0.3, 0.4) is 0 Å². The number of halogens is 1. The van der Waals surface area contributed by atoms with Gasteiger partial charge in [-0.2, -0.15) is 0 Å². The summed E-state index contributed by atoms with van der Waals surface area (Å²) < 4.78 is 0. The van der Waals surface area contributed by atoms with Crippen molar-refractivity contribution in [2.24, 2.45) is 0 Å². The van der Waals surface area contributed by atoms with E-state index in [2.05, 4.69) is 17.1 Å². The van der Waals surface area contributed by atoms with Gasteiger partial charge < -0.3 is 20.4 Å². The number of aliphatic hydroxyl groups excluding tert-OH is 1. The molecule has 3 N–H and O–H groups in total. The molecule has 0 amide bonds. The molecule has 6 heteroatoms. The van der Waals surface area contributed by atoms with E-state index in [-0.39, 0.29) is 12.5 Å². The van der Waals surface area contributed by atoms with Crippen LogP contribution in [0.2, 0.25) is 5.02 Å². The standard InChI is InChI=1S/C21H25ClN2O3/c1-14(23-12-20(25)17-3-2-4-18(22)11-17)13-24-8-7-16-9-15(10-21(26)27)5-6-19(16)24/h2-6,9,11,14,20,23,25H,7-8,10,12-13H2,1H3,(H,26,27)/t14-,20+/m1/s1. The van der Waals surface area contributed by atoms with Gasteiger partial charge in [0.15, 0.2) is 0 Å². The van der Waals surface area contributed by atoms with E-state index in [0.717, 1.165) is 30.6 Å². The monoisotopic (exact) mass is 388 g/mol. The second-order valence-corrected chi connectivity index (χ2v) is 7.55. The van der Waals surface area contributed by atoms with Crippen molar-refractivity contribution >= 4 is 23.3 Å². The van der Waals surface area contributed by atoms with Crippen molar-refractivity contribution in [2.45, 2.75) is 31.9 Å². The van der Waals surface area contributed by atoms with Crippen LogP contribution in [0.25, 0.3) is 0 Å². The smallest absolute Gasteiger partial charge is 0.307 e. The van der Waals surface area contributed by atoms with E-state index in [9.17, 15) is 9.90 Å². The quantitative estimate of drug-likeness (QED) is 0.648. The van der Waals surface area contributed by atoms with Crippen LogP contribution in [-0.4, -0.2) is 41.9 Å². The lowest BCUT2D eigenvalue weighted by molar-refractivity contribution is -0.136. The lowest BCUT2D eigenvalue weighted by Crippen LogP contribution is -2.40. The number of carbonyl (C=O) groups is 1. The van der Waals surface area contributed by atoms with E-state index >= 15 is 0 Å². The van der Waals surface area contributed by atoms with E-state index in [1.54, 1.807) is 12.1 Å². The number of fused-ring (bicyclic) bond motifs is 1. The maximum absolute atomic E-state index is 10.9. The average molecular weight is 389 g/mol. The van der Waals surface area contributed by atoms with E-state index in [0.29, 0.717) is 11.6 Å². The Hall–Kier alpha value is -2.08. The van der Waals surface area contributed by atoms with Gasteiger partial charge >= 0.3 is 5.97 Å². The van der Waals surface area contributed by atoms with Crippen molar-refractivity contribution in [3.05, 3.63) is 64.2 Å². The number of anilines is 1. The number of aliphatic carboxylic acids is 1. The Bertz CT molecular complexity index is 812. The van der Waals surface area contributed by atoms with Crippen LogP contribution in [0.15, 0.2) is 42.5 Å². The number of hydrogen-bond acceptors (Lipinski definition) is 4. The van der Waals surface area contributed by atoms with Crippen LogP contribution in [0.4, 0.5) is 5.69 Å². The Morgan fingerprint density at radius 1 is 1.30 bits per heavy atom. The fraction of sp³-hybridized carbons (Fsp3) is 0.381. The molecule has 0 aromatic heterocycles. The third-order valence-corrected chi connectivity index (χ3v) is 5.11. The highest BCUT2D eigenvalue weighted by Crippen LogP contribution is 2.29. The lowest BCUT2D eigenvalue weighted by atomic mass is 10.1. The van der Waals surface area contributed by atoms with E-state index < -0.39 is 12.1 Å². The average Bonchev–Trinajstić information content (AvgIpc) is 3.01. The molecule has 2 aromatic rings. The SMILES string of the molecule is C[C@H](CN1CCc2cc(CC(=O)O)ccc21)NC[C@H](O)c1cccc(Cl)c1. The Labute approximate surface area is 164 Å². The Balaban J connectivity index is 1.53. The predicted octanol–water partition coefficient (Wildman–Crippen LogP) is 3.04. The number of hydrogen-bond donors (Lipinski definition) is 3. The van der Waals surface area contributed by atoms with Crippen LogP contribution in [0.5, 0.6) is 0 Å². The largest absolute Gasteiger partial charge is 0.481 e. The molecule has 0 spiro atoms. The van der Waals surface area contributed by atoms with Crippen LogP contribution in [0.1, 0.15) is 29.7 Å². The third-order valence-electron chi connectivity index (χ3n) is 4.88. The first-order valence-corrected chi connectivity index (χ1v) is 9.55. The molecule has 1 aliphatic heterocycles. The first-order chi connectivity index (χ1) is 12.9.